The van der Waals surface area contributed by atoms with E-state index < -0.39 is 5.82 Å². The summed E-state index contributed by atoms with van der Waals surface area (Å²) in [7, 11) is 1.42. The summed E-state index contributed by atoms with van der Waals surface area (Å²) in [4.78, 5) is 0. The molecule has 0 heterocycles. The maximum Gasteiger partial charge on any atom is 0.156 e. The summed E-state index contributed by atoms with van der Waals surface area (Å²) in [5.74, 6) is -0.171. The molecule has 0 N–H and O–H groups in total. The van der Waals surface area contributed by atoms with Gasteiger partial charge in [0, 0.05) is 0 Å². The Hall–Kier alpha value is -0.470. The van der Waals surface area contributed by atoms with E-state index in [1.807, 2.05) is 0 Å². The fraction of sp³-hybridized carbons (Fsp3) is 0.143. The highest BCUT2D eigenvalue weighted by Gasteiger charge is 2.07. The summed E-state index contributed by atoms with van der Waals surface area (Å²) >= 11 is 11.2. The molecule has 0 saturated heterocycles. The lowest BCUT2D eigenvalue weighted by Gasteiger charge is -2.04. The molecule has 0 radical (unpaired) electrons. The third kappa shape index (κ3) is 1.76. The monoisotopic (exact) mass is 194 g/mol. The number of benzene rings is 1. The van der Waals surface area contributed by atoms with Crippen LogP contribution in [0.2, 0.25) is 10.0 Å². The van der Waals surface area contributed by atoms with Gasteiger partial charge < -0.3 is 4.74 Å². The minimum Gasteiger partial charge on any atom is -0.494 e. The average molecular weight is 195 g/mol. The van der Waals surface area contributed by atoms with E-state index in [9.17, 15) is 4.39 Å². The molecule has 1 nitrogen and oxygen atoms in total. The van der Waals surface area contributed by atoms with Gasteiger partial charge >= 0.3 is 0 Å². The van der Waals surface area contributed by atoms with Gasteiger partial charge in [-0.3, -0.25) is 0 Å². The maximum absolute atomic E-state index is 12.5. The van der Waals surface area contributed by atoms with E-state index >= 15 is 0 Å². The molecular formula is C7H5Cl2FO. The second-order valence-electron chi connectivity index (χ2n) is 1.90. The van der Waals surface area contributed by atoms with Crippen molar-refractivity contribution in [2.45, 2.75) is 0 Å². The number of hydrogen-bond donors (Lipinski definition) is 0. The highest BCUT2D eigenvalue weighted by molar-refractivity contribution is 6.37. The first-order valence-corrected chi connectivity index (χ1v) is 3.59. The third-order valence-corrected chi connectivity index (χ3v) is 1.73. The Bertz CT molecular complexity index is 252. The van der Waals surface area contributed by atoms with Gasteiger partial charge in [0.2, 0.25) is 0 Å². The van der Waals surface area contributed by atoms with Crippen LogP contribution in [-0.2, 0) is 0 Å². The second-order valence-corrected chi connectivity index (χ2v) is 2.72. The number of methoxy groups -OCH3 is 1. The van der Waals surface area contributed by atoms with Gasteiger partial charge in [0.15, 0.2) is 5.75 Å². The molecule has 0 fully saturated rings. The predicted octanol–water partition coefficient (Wildman–Crippen LogP) is 3.14. The highest BCUT2D eigenvalue weighted by Crippen LogP contribution is 2.32. The Balaban J connectivity index is 3.25. The quantitative estimate of drug-likeness (QED) is 0.668. The largest absolute Gasteiger partial charge is 0.494 e. The van der Waals surface area contributed by atoms with Gasteiger partial charge in [-0.1, -0.05) is 23.2 Å². The first kappa shape index (κ1) is 8.62. The molecule has 1 aromatic carbocycles. The highest BCUT2D eigenvalue weighted by atomic mass is 35.5. The Morgan fingerprint density at radius 2 is 1.73 bits per heavy atom. The number of ether oxygens (including phenoxy) is 1. The molecule has 0 atom stereocenters. The summed E-state index contributed by atoms with van der Waals surface area (Å²) in [6.07, 6.45) is 0. The Morgan fingerprint density at radius 1 is 1.27 bits per heavy atom. The van der Waals surface area contributed by atoms with Crippen molar-refractivity contribution in [3.8, 4) is 5.75 Å². The normalized spacial score (nSPS) is 9.82. The molecule has 0 bridgehead atoms. The van der Waals surface area contributed by atoms with E-state index in [1.54, 1.807) is 0 Å². The van der Waals surface area contributed by atoms with Crippen LogP contribution in [0.1, 0.15) is 0 Å². The van der Waals surface area contributed by atoms with Gasteiger partial charge in [0.25, 0.3) is 0 Å². The van der Waals surface area contributed by atoms with Gasteiger partial charge in [-0.25, -0.2) is 4.39 Å². The van der Waals surface area contributed by atoms with Crippen LogP contribution in [0.15, 0.2) is 12.1 Å². The molecule has 0 unspecified atom stereocenters. The fourth-order valence-corrected chi connectivity index (χ4v) is 1.34. The Kier molecular flexibility index (Phi) is 2.58. The van der Waals surface area contributed by atoms with Crippen LogP contribution >= 0.6 is 23.2 Å². The first-order valence-electron chi connectivity index (χ1n) is 2.83. The molecule has 0 saturated carbocycles. The molecule has 0 aromatic heterocycles. The topological polar surface area (TPSA) is 9.23 Å². The van der Waals surface area contributed by atoms with Gasteiger partial charge in [-0.15, -0.1) is 0 Å². The lowest BCUT2D eigenvalue weighted by Crippen LogP contribution is -1.86. The minimum absolute atomic E-state index is 0.178. The predicted molar refractivity (Wildman–Crippen MR) is 43.0 cm³/mol. The van der Waals surface area contributed by atoms with E-state index in [4.69, 9.17) is 27.9 Å². The molecule has 60 valence electrons. The van der Waals surface area contributed by atoms with Crippen LogP contribution in [0.3, 0.4) is 0 Å². The van der Waals surface area contributed by atoms with Crippen molar-refractivity contribution in [3.63, 3.8) is 0 Å². The van der Waals surface area contributed by atoms with E-state index in [0.29, 0.717) is 5.75 Å². The molecule has 1 rings (SSSR count). The van der Waals surface area contributed by atoms with E-state index in [-0.39, 0.29) is 10.0 Å². The van der Waals surface area contributed by atoms with Crippen molar-refractivity contribution < 1.29 is 9.13 Å². The molecule has 1 aromatic rings. The van der Waals surface area contributed by atoms with Gasteiger partial charge in [-0.05, 0) is 12.1 Å². The Labute approximate surface area is 73.7 Å². The second kappa shape index (κ2) is 3.28. The number of rotatable bonds is 1. The van der Waals surface area contributed by atoms with Crippen molar-refractivity contribution in [1.82, 2.24) is 0 Å². The van der Waals surface area contributed by atoms with Crippen molar-refractivity contribution in [2.75, 3.05) is 7.11 Å². The lowest BCUT2D eigenvalue weighted by atomic mass is 10.3. The van der Waals surface area contributed by atoms with Gasteiger partial charge in [-0.2, -0.15) is 0 Å². The third-order valence-electron chi connectivity index (χ3n) is 1.17. The molecule has 0 aliphatic rings. The van der Waals surface area contributed by atoms with Crippen LogP contribution in [-0.4, -0.2) is 7.11 Å². The summed E-state index contributed by atoms with van der Waals surface area (Å²) in [5, 5.41) is 0.356. The van der Waals surface area contributed by atoms with Crippen molar-refractivity contribution >= 4 is 23.2 Å². The molecule has 0 aliphatic heterocycles. The van der Waals surface area contributed by atoms with Gasteiger partial charge in [0.05, 0.1) is 17.2 Å². The molecule has 4 heteroatoms. The van der Waals surface area contributed by atoms with E-state index in [0.717, 1.165) is 12.1 Å². The first-order chi connectivity index (χ1) is 5.15. The van der Waals surface area contributed by atoms with Crippen molar-refractivity contribution in [2.24, 2.45) is 0 Å². The zero-order valence-corrected chi connectivity index (χ0v) is 7.21. The summed E-state index contributed by atoms with van der Waals surface area (Å²) in [6, 6.07) is 2.29. The minimum atomic E-state index is -0.471. The molecule has 11 heavy (non-hydrogen) atoms. The maximum atomic E-state index is 12.5. The molecule has 0 aliphatic carbocycles. The van der Waals surface area contributed by atoms with Crippen LogP contribution in [0.4, 0.5) is 4.39 Å². The van der Waals surface area contributed by atoms with Gasteiger partial charge in [0.1, 0.15) is 5.82 Å². The zero-order chi connectivity index (χ0) is 8.43. The standard InChI is InChI=1S/C7H5Cl2FO/c1-11-7-5(8)2-4(10)3-6(7)9/h2-3H,1H3. The van der Waals surface area contributed by atoms with E-state index in [1.165, 1.54) is 7.11 Å². The van der Waals surface area contributed by atoms with Crippen LogP contribution in [0, 0.1) is 5.82 Å². The molecule has 0 spiro atoms. The van der Waals surface area contributed by atoms with Crippen LogP contribution in [0.5, 0.6) is 5.75 Å². The zero-order valence-electron chi connectivity index (χ0n) is 5.70. The van der Waals surface area contributed by atoms with E-state index in [2.05, 4.69) is 0 Å². The summed E-state index contributed by atoms with van der Waals surface area (Å²) in [5.41, 5.74) is 0. The van der Waals surface area contributed by atoms with Crippen LogP contribution < -0.4 is 4.74 Å². The fourth-order valence-electron chi connectivity index (χ4n) is 0.724. The SMILES string of the molecule is COc1c(Cl)cc(F)cc1Cl. The van der Waals surface area contributed by atoms with Crippen molar-refractivity contribution in [3.05, 3.63) is 28.0 Å². The lowest BCUT2D eigenvalue weighted by molar-refractivity contribution is 0.414. The van der Waals surface area contributed by atoms with Crippen molar-refractivity contribution in [1.29, 1.82) is 0 Å². The van der Waals surface area contributed by atoms with Crippen LogP contribution in [0.25, 0.3) is 0 Å². The number of hydrogen-bond acceptors (Lipinski definition) is 1. The summed E-state index contributed by atoms with van der Waals surface area (Å²) < 4.78 is 17.3. The smallest absolute Gasteiger partial charge is 0.156 e. The molecular weight excluding hydrogens is 190 g/mol. The number of halogens is 3. The summed E-state index contributed by atoms with van der Waals surface area (Å²) in [6.45, 7) is 0. The molecule has 0 amide bonds. The average Bonchev–Trinajstić information content (AvgIpc) is 1.85. The Morgan fingerprint density at radius 3 is 2.09 bits per heavy atom.